The highest BCUT2D eigenvalue weighted by Crippen LogP contribution is 2.29. The van der Waals surface area contributed by atoms with Crippen LogP contribution in [0.25, 0.3) is 10.2 Å². The van der Waals surface area contributed by atoms with Crippen molar-refractivity contribution in [3.8, 4) is 5.75 Å². The zero-order valence-corrected chi connectivity index (χ0v) is 16.3. The van der Waals surface area contributed by atoms with E-state index in [9.17, 15) is 14.4 Å². The van der Waals surface area contributed by atoms with E-state index in [2.05, 4.69) is 15.6 Å². The number of benzene rings is 1. The van der Waals surface area contributed by atoms with Crippen molar-refractivity contribution in [2.24, 2.45) is 0 Å². The lowest BCUT2D eigenvalue weighted by Gasteiger charge is -2.41. The van der Waals surface area contributed by atoms with Crippen molar-refractivity contribution in [3.05, 3.63) is 18.2 Å². The number of rotatable bonds is 5. The van der Waals surface area contributed by atoms with Crippen LogP contribution in [-0.4, -0.2) is 53.3 Å². The Balaban J connectivity index is 1.58. The van der Waals surface area contributed by atoms with E-state index in [1.165, 1.54) is 16.2 Å². The summed E-state index contributed by atoms with van der Waals surface area (Å²) in [5.74, 6) is 0.0218. The minimum atomic E-state index is -0.905. The quantitative estimate of drug-likeness (QED) is 0.810. The lowest BCUT2D eigenvalue weighted by atomic mass is 9.98. The van der Waals surface area contributed by atoms with Crippen LogP contribution in [0.15, 0.2) is 18.2 Å². The Labute approximate surface area is 160 Å². The molecule has 0 atom stereocenters. The van der Waals surface area contributed by atoms with Gasteiger partial charge in [-0.1, -0.05) is 11.3 Å². The van der Waals surface area contributed by atoms with Crippen molar-refractivity contribution in [3.63, 3.8) is 0 Å². The number of piperazine rings is 1. The van der Waals surface area contributed by atoms with Crippen LogP contribution >= 0.6 is 11.3 Å². The van der Waals surface area contributed by atoms with Crippen LogP contribution in [0.1, 0.15) is 26.7 Å². The lowest BCUT2D eigenvalue weighted by molar-refractivity contribution is -0.149. The molecule has 1 aliphatic rings. The molecular weight excluding hydrogens is 368 g/mol. The summed E-state index contributed by atoms with van der Waals surface area (Å²) in [6, 6.07) is 5.52. The van der Waals surface area contributed by atoms with Gasteiger partial charge in [0.1, 0.15) is 11.3 Å². The monoisotopic (exact) mass is 390 g/mol. The van der Waals surface area contributed by atoms with E-state index in [0.29, 0.717) is 24.0 Å². The number of nitrogens with zero attached hydrogens (tertiary/aromatic N) is 2. The molecule has 2 N–H and O–H groups in total. The first-order valence-corrected chi connectivity index (χ1v) is 9.46. The topological polar surface area (TPSA) is 101 Å². The standard InChI is InChI=1S/C18H22N4O4S/c1-18(2)16(25)19-8-9-22(18)15(24)7-6-14(23)21-17-20-12-10-11(26-3)4-5-13(12)27-17/h4-5,10H,6-9H2,1-3H3,(H,19,25)(H,20,21,23). The van der Waals surface area contributed by atoms with Crippen molar-refractivity contribution in [2.45, 2.75) is 32.2 Å². The third kappa shape index (κ3) is 4.02. The van der Waals surface area contributed by atoms with Crippen LogP contribution in [0.2, 0.25) is 0 Å². The molecule has 0 saturated carbocycles. The van der Waals surface area contributed by atoms with Crippen LogP contribution in [0.4, 0.5) is 5.13 Å². The molecule has 3 amide bonds. The second-order valence-electron chi connectivity index (χ2n) is 6.76. The van der Waals surface area contributed by atoms with Gasteiger partial charge in [-0.05, 0) is 26.0 Å². The van der Waals surface area contributed by atoms with Gasteiger partial charge in [0.05, 0.1) is 17.3 Å². The summed E-state index contributed by atoms with van der Waals surface area (Å²) < 4.78 is 6.10. The number of carbonyl (C=O) groups is 3. The van der Waals surface area contributed by atoms with Crippen LogP contribution in [0, 0.1) is 0 Å². The number of ether oxygens (including phenoxy) is 1. The fourth-order valence-electron chi connectivity index (χ4n) is 2.96. The summed E-state index contributed by atoms with van der Waals surface area (Å²) in [5.41, 5.74) is -0.162. The number of nitrogens with one attached hydrogen (secondary N) is 2. The van der Waals surface area contributed by atoms with Crippen molar-refractivity contribution in [1.82, 2.24) is 15.2 Å². The van der Waals surface area contributed by atoms with Crippen LogP contribution in [0.3, 0.4) is 0 Å². The van der Waals surface area contributed by atoms with Gasteiger partial charge in [-0.2, -0.15) is 0 Å². The van der Waals surface area contributed by atoms with E-state index in [1.54, 1.807) is 27.0 Å². The fraction of sp³-hybridized carbons (Fsp3) is 0.444. The SMILES string of the molecule is COc1ccc2sc(NC(=O)CCC(=O)N3CCNC(=O)C3(C)C)nc2c1. The van der Waals surface area contributed by atoms with Crippen molar-refractivity contribution < 1.29 is 19.1 Å². The molecule has 0 aliphatic carbocycles. The molecule has 0 spiro atoms. The molecule has 1 aromatic heterocycles. The number of aromatic nitrogens is 1. The summed E-state index contributed by atoms with van der Waals surface area (Å²) in [6.07, 6.45) is 0.0769. The minimum absolute atomic E-state index is 0.0340. The van der Waals surface area contributed by atoms with E-state index < -0.39 is 5.54 Å². The molecule has 2 heterocycles. The average Bonchev–Trinajstić information content (AvgIpc) is 3.03. The molecule has 1 aromatic carbocycles. The number of thiazole rings is 1. The zero-order chi connectivity index (χ0) is 19.6. The second kappa shape index (κ2) is 7.51. The summed E-state index contributed by atoms with van der Waals surface area (Å²) in [5, 5.41) is 5.96. The maximum absolute atomic E-state index is 12.5. The molecule has 1 aliphatic heterocycles. The van der Waals surface area contributed by atoms with Crippen molar-refractivity contribution in [2.75, 3.05) is 25.5 Å². The third-order valence-electron chi connectivity index (χ3n) is 4.56. The summed E-state index contributed by atoms with van der Waals surface area (Å²) in [4.78, 5) is 42.5. The Bertz CT molecular complexity index is 893. The summed E-state index contributed by atoms with van der Waals surface area (Å²) in [7, 11) is 1.58. The molecule has 1 saturated heterocycles. The molecule has 27 heavy (non-hydrogen) atoms. The normalized spacial score (nSPS) is 16.1. The predicted molar refractivity (Wildman–Crippen MR) is 103 cm³/mol. The molecule has 0 unspecified atom stereocenters. The van der Waals surface area contributed by atoms with E-state index in [4.69, 9.17) is 4.74 Å². The first-order chi connectivity index (χ1) is 12.8. The number of fused-ring (bicyclic) bond motifs is 1. The maximum Gasteiger partial charge on any atom is 0.245 e. The number of amides is 3. The molecule has 3 rings (SSSR count). The van der Waals surface area contributed by atoms with Crippen molar-refractivity contribution >= 4 is 44.4 Å². The molecule has 9 heteroatoms. The Morgan fingerprint density at radius 3 is 2.89 bits per heavy atom. The smallest absolute Gasteiger partial charge is 0.245 e. The molecule has 1 fully saturated rings. The Morgan fingerprint density at radius 1 is 1.37 bits per heavy atom. The number of hydrogen-bond donors (Lipinski definition) is 2. The Kier molecular flexibility index (Phi) is 5.31. The van der Waals surface area contributed by atoms with Gasteiger partial charge in [0, 0.05) is 32.0 Å². The average molecular weight is 390 g/mol. The van der Waals surface area contributed by atoms with E-state index in [0.717, 1.165) is 10.2 Å². The summed E-state index contributed by atoms with van der Waals surface area (Å²) >= 11 is 1.36. The highest BCUT2D eigenvalue weighted by atomic mass is 32.1. The van der Waals surface area contributed by atoms with Gasteiger partial charge in [0.25, 0.3) is 0 Å². The van der Waals surface area contributed by atoms with Gasteiger partial charge >= 0.3 is 0 Å². The molecular formula is C18H22N4O4S. The van der Waals surface area contributed by atoms with Crippen molar-refractivity contribution in [1.29, 1.82) is 0 Å². The Hall–Kier alpha value is -2.68. The van der Waals surface area contributed by atoms with E-state index in [-0.39, 0.29) is 30.6 Å². The highest BCUT2D eigenvalue weighted by Gasteiger charge is 2.40. The van der Waals surface area contributed by atoms with Gasteiger partial charge in [0.2, 0.25) is 17.7 Å². The zero-order valence-electron chi connectivity index (χ0n) is 15.5. The molecule has 0 radical (unpaired) electrons. The first-order valence-electron chi connectivity index (χ1n) is 8.64. The number of hydrogen-bond acceptors (Lipinski definition) is 6. The Morgan fingerprint density at radius 2 is 2.15 bits per heavy atom. The van der Waals surface area contributed by atoms with Gasteiger partial charge in [0.15, 0.2) is 5.13 Å². The van der Waals surface area contributed by atoms with Gasteiger partial charge < -0.3 is 20.3 Å². The predicted octanol–water partition coefficient (Wildman–Crippen LogP) is 1.76. The molecule has 8 nitrogen and oxygen atoms in total. The fourth-order valence-corrected chi connectivity index (χ4v) is 3.82. The summed E-state index contributed by atoms with van der Waals surface area (Å²) in [6.45, 7) is 4.28. The second-order valence-corrected chi connectivity index (χ2v) is 7.79. The molecule has 0 bridgehead atoms. The lowest BCUT2D eigenvalue weighted by Crippen LogP contribution is -2.63. The van der Waals surface area contributed by atoms with E-state index >= 15 is 0 Å². The maximum atomic E-state index is 12.5. The number of methoxy groups -OCH3 is 1. The van der Waals surface area contributed by atoms with Crippen LogP contribution < -0.4 is 15.4 Å². The first kappa shape index (κ1) is 19.1. The molecule has 2 aromatic rings. The van der Waals surface area contributed by atoms with Crippen LogP contribution in [0.5, 0.6) is 5.75 Å². The largest absolute Gasteiger partial charge is 0.497 e. The minimum Gasteiger partial charge on any atom is -0.497 e. The highest BCUT2D eigenvalue weighted by molar-refractivity contribution is 7.22. The van der Waals surface area contributed by atoms with E-state index in [1.807, 2.05) is 12.1 Å². The van der Waals surface area contributed by atoms with Gasteiger partial charge in [-0.15, -0.1) is 0 Å². The number of carbonyl (C=O) groups excluding carboxylic acids is 3. The van der Waals surface area contributed by atoms with Crippen LogP contribution in [-0.2, 0) is 14.4 Å². The molecule has 144 valence electrons. The van der Waals surface area contributed by atoms with Gasteiger partial charge in [-0.3, -0.25) is 14.4 Å². The third-order valence-corrected chi connectivity index (χ3v) is 5.51. The van der Waals surface area contributed by atoms with Gasteiger partial charge in [-0.25, -0.2) is 4.98 Å². The number of anilines is 1.